The van der Waals surface area contributed by atoms with E-state index in [1.54, 1.807) is 18.1 Å². The Labute approximate surface area is 214 Å². The topological polar surface area (TPSA) is 78.1 Å². The molecular weight excluding hydrogens is 475 g/mol. The molecule has 3 aliphatic rings. The van der Waals surface area contributed by atoms with Gasteiger partial charge in [-0.2, -0.15) is 0 Å². The van der Waals surface area contributed by atoms with Gasteiger partial charge in [-0.3, -0.25) is 14.6 Å². The van der Waals surface area contributed by atoms with E-state index >= 15 is 0 Å². The van der Waals surface area contributed by atoms with Crippen LogP contribution < -0.4 is 4.74 Å². The van der Waals surface area contributed by atoms with Crippen LogP contribution in [0.5, 0.6) is 5.75 Å². The maximum absolute atomic E-state index is 14.8. The Morgan fingerprint density at radius 2 is 1.84 bits per heavy atom. The standard InChI is InChI=1S/C28H31FN4O4/c1-36-13-14-37-24-16-19-20-15-23-27(34)32(12-11-31-9-5-6-10-31)28(35)33(23)26(18-7-3-2-4-8-18)25(20)30-22(19)17-21(24)29/h2-4,7-8,16-17,23,26,30H,5-6,9-15H2,1H3. The van der Waals surface area contributed by atoms with Crippen LogP contribution in [0.4, 0.5) is 9.18 Å². The van der Waals surface area contributed by atoms with Gasteiger partial charge in [0.2, 0.25) is 0 Å². The highest BCUT2D eigenvalue weighted by Crippen LogP contribution is 2.44. The van der Waals surface area contributed by atoms with Gasteiger partial charge in [0.25, 0.3) is 5.91 Å². The molecule has 2 fully saturated rings. The summed E-state index contributed by atoms with van der Waals surface area (Å²) in [4.78, 5) is 36.2. The molecule has 0 radical (unpaired) electrons. The van der Waals surface area contributed by atoms with Crippen molar-refractivity contribution in [1.82, 2.24) is 19.7 Å². The highest BCUT2D eigenvalue weighted by Gasteiger charge is 2.52. The Morgan fingerprint density at radius 1 is 1.05 bits per heavy atom. The molecule has 3 aliphatic heterocycles. The zero-order valence-electron chi connectivity index (χ0n) is 20.9. The van der Waals surface area contributed by atoms with E-state index in [9.17, 15) is 14.0 Å². The van der Waals surface area contributed by atoms with Gasteiger partial charge in [-0.1, -0.05) is 30.3 Å². The van der Waals surface area contributed by atoms with Gasteiger partial charge in [0, 0.05) is 49.3 Å². The van der Waals surface area contributed by atoms with E-state index in [0.29, 0.717) is 31.6 Å². The summed E-state index contributed by atoms with van der Waals surface area (Å²) in [5, 5.41) is 0.806. The molecule has 1 aromatic heterocycles. The zero-order chi connectivity index (χ0) is 25.5. The molecule has 2 unspecified atom stereocenters. The van der Waals surface area contributed by atoms with Crippen molar-refractivity contribution < 1.29 is 23.5 Å². The fourth-order valence-corrected chi connectivity index (χ4v) is 5.96. The van der Waals surface area contributed by atoms with Crippen molar-refractivity contribution in [3.05, 3.63) is 65.1 Å². The summed E-state index contributed by atoms with van der Waals surface area (Å²) < 4.78 is 25.5. The highest BCUT2D eigenvalue weighted by molar-refractivity contribution is 6.05. The van der Waals surface area contributed by atoms with E-state index in [0.717, 1.165) is 48.1 Å². The van der Waals surface area contributed by atoms with Gasteiger partial charge >= 0.3 is 6.03 Å². The monoisotopic (exact) mass is 506 g/mol. The number of aromatic nitrogens is 1. The summed E-state index contributed by atoms with van der Waals surface area (Å²) >= 11 is 0. The lowest BCUT2D eigenvalue weighted by Gasteiger charge is -2.36. The van der Waals surface area contributed by atoms with Crippen molar-refractivity contribution in [2.24, 2.45) is 0 Å². The Morgan fingerprint density at radius 3 is 2.59 bits per heavy atom. The molecule has 0 aliphatic carbocycles. The molecule has 2 aromatic carbocycles. The van der Waals surface area contributed by atoms with E-state index < -0.39 is 17.9 Å². The normalized spacial score (nSPS) is 21.7. The predicted molar refractivity (Wildman–Crippen MR) is 136 cm³/mol. The summed E-state index contributed by atoms with van der Waals surface area (Å²) in [6, 6.07) is 11.5. The average Bonchev–Trinajstić information content (AvgIpc) is 3.60. The number of fused-ring (bicyclic) bond motifs is 4. The minimum atomic E-state index is -0.606. The van der Waals surface area contributed by atoms with Crippen LogP contribution in [0.1, 0.15) is 35.7 Å². The lowest BCUT2D eigenvalue weighted by Crippen LogP contribution is -2.44. The number of aromatic amines is 1. The average molecular weight is 507 g/mol. The number of hydrogen-bond acceptors (Lipinski definition) is 5. The first-order valence-corrected chi connectivity index (χ1v) is 12.9. The quantitative estimate of drug-likeness (QED) is 0.372. The molecule has 3 aromatic rings. The van der Waals surface area contributed by atoms with Gasteiger partial charge in [0.15, 0.2) is 11.6 Å². The number of rotatable bonds is 8. The minimum absolute atomic E-state index is 0.145. The summed E-state index contributed by atoms with van der Waals surface area (Å²) in [6.07, 6.45) is 2.69. The van der Waals surface area contributed by atoms with Crippen LogP contribution in [0.2, 0.25) is 0 Å². The van der Waals surface area contributed by atoms with E-state index in [1.165, 1.54) is 11.0 Å². The van der Waals surface area contributed by atoms with Gasteiger partial charge in [0.1, 0.15) is 18.7 Å². The number of methoxy groups -OCH3 is 1. The molecule has 2 saturated heterocycles. The Balaban J connectivity index is 1.39. The second-order valence-electron chi connectivity index (χ2n) is 9.95. The molecule has 37 heavy (non-hydrogen) atoms. The molecule has 0 saturated carbocycles. The summed E-state index contributed by atoms with van der Waals surface area (Å²) in [5.41, 5.74) is 3.26. The van der Waals surface area contributed by atoms with Crippen molar-refractivity contribution in [1.29, 1.82) is 0 Å². The van der Waals surface area contributed by atoms with Crippen LogP contribution in [-0.4, -0.2) is 84.2 Å². The van der Waals surface area contributed by atoms with Crippen LogP contribution in [-0.2, 0) is 16.0 Å². The SMILES string of the molecule is COCCOc1cc2c3c([nH]c2cc1F)C(c1ccccc1)N1C(=O)N(CCN2CCCC2)C(=O)C1C3. The summed E-state index contributed by atoms with van der Waals surface area (Å²) in [5.74, 6) is -0.492. The van der Waals surface area contributed by atoms with Gasteiger partial charge in [-0.25, -0.2) is 9.18 Å². The zero-order valence-corrected chi connectivity index (χ0v) is 20.9. The first-order chi connectivity index (χ1) is 18.1. The number of benzene rings is 2. The molecular formula is C28H31FN4O4. The van der Waals surface area contributed by atoms with E-state index in [1.807, 2.05) is 30.3 Å². The molecule has 1 N–H and O–H groups in total. The number of urea groups is 1. The lowest BCUT2D eigenvalue weighted by molar-refractivity contribution is -0.128. The number of nitrogens with zero attached hydrogens (tertiary/aromatic N) is 3. The molecule has 194 valence electrons. The third-order valence-corrected chi connectivity index (χ3v) is 7.78. The van der Waals surface area contributed by atoms with E-state index in [-0.39, 0.29) is 24.3 Å². The van der Waals surface area contributed by atoms with Gasteiger partial charge < -0.3 is 19.4 Å². The molecule has 4 heterocycles. The number of carbonyl (C=O) groups excluding carboxylic acids is 2. The third-order valence-electron chi connectivity index (χ3n) is 7.78. The maximum atomic E-state index is 14.8. The van der Waals surface area contributed by atoms with Crippen molar-refractivity contribution in [3.63, 3.8) is 0 Å². The molecule has 0 bridgehead atoms. The summed E-state index contributed by atoms with van der Waals surface area (Å²) in [7, 11) is 1.56. The van der Waals surface area contributed by atoms with Crippen molar-refractivity contribution >= 4 is 22.8 Å². The second-order valence-corrected chi connectivity index (χ2v) is 9.95. The number of likely N-dealkylation sites (tertiary alicyclic amines) is 1. The Hall–Kier alpha value is -3.43. The fourth-order valence-electron chi connectivity index (χ4n) is 5.96. The van der Waals surface area contributed by atoms with Crippen molar-refractivity contribution in [3.8, 4) is 5.75 Å². The number of imide groups is 1. The number of carbonyl (C=O) groups is 2. The fraction of sp³-hybridized carbons (Fsp3) is 0.429. The predicted octanol–water partition coefficient (Wildman–Crippen LogP) is 3.71. The van der Waals surface area contributed by atoms with Crippen LogP contribution in [0.15, 0.2) is 42.5 Å². The van der Waals surface area contributed by atoms with Gasteiger partial charge in [-0.05, 0) is 43.1 Å². The number of nitrogens with one attached hydrogen (secondary N) is 1. The lowest BCUT2D eigenvalue weighted by atomic mass is 9.89. The smallest absolute Gasteiger partial charge is 0.328 e. The van der Waals surface area contributed by atoms with Gasteiger partial charge in [-0.15, -0.1) is 0 Å². The number of amides is 3. The van der Waals surface area contributed by atoms with Crippen LogP contribution in [0.3, 0.4) is 0 Å². The third kappa shape index (κ3) is 4.16. The molecule has 9 heteroatoms. The number of halogens is 1. The molecule has 6 rings (SSSR count). The van der Waals surface area contributed by atoms with Crippen molar-refractivity contribution in [2.45, 2.75) is 31.3 Å². The Bertz CT molecular complexity index is 1320. The van der Waals surface area contributed by atoms with Crippen molar-refractivity contribution in [2.75, 3.05) is 46.5 Å². The van der Waals surface area contributed by atoms with Gasteiger partial charge in [0.05, 0.1) is 6.61 Å². The maximum Gasteiger partial charge on any atom is 0.328 e. The molecule has 3 amide bonds. The Kier molecular flexibility index (Phi) is 6.34. The van der Waals surface area contributed by atoms with E-state index in [2.05, 4.69) is 9.88 Å². The molecule has 2 atom stereocenters. The largest absolute Gasteiger partial charge is 0.488 e. The molecule has 0 spiro atoms. The first kappa shape index (κ1) is 23.9. The minimum Gasteiger partial charge on any atom is -0.488 e. The van der Waals surface area contributed by atoms with E-state index in [4.69, 9.17) is 9.47 Å². The highest BCUT2D eigenvalue weighted by atomic mass is 19.1. The second kappa shape index (κ2) is 9.79. The van der Waals surface area contributed by atoms with Crippen LogP contribution in [0.25, 0.3) is 10.9 Å². The van der Waals surface area contributed by atoms with Crippen LogP contribution >= 0.6 is 0 Å². The summed E-state index contributed by atoms with van der Waals surface area (Å²) in [6.45, 7) is 3.69. The number of H-pyrrole nitrogens is 1. The van der Waals surface area contributed by atoms with Crippen LogP contribution in [0, 0.1) is 5.82 Å². The molecule has 8 nitrogen and oxygen atoms in total. The first-order valence-electron chi connectivity index (χ1n) is 12.9. The number of ether oxygens (including phenoxy) is 2. The number of hydrogen-bond donors (Lipinski definition) is 1.